The Hall–Kier alpha value is -6.81. The molecule has 0 bridgehead atoms. The Bertz CT molecular complexity index is 1720. The lowest BCUT2D eigenvalue weighted by Gasteiger charge is -2.27. The minimum Gasteiger partial charge on any atom is -0.507 e. The standard InChI is InChI=1S/C34H47N7O16/c1-14(2)9-20(28(35)50)39-32(54)21(11-17-5-7-24(43)18(10-17)34(56)57)41-30(52)19(6-8-25(44)45)38-33(55)23(13-27(48)49)40-29(51)15(3)36-31(53)22(12-26(46)47)37-16(4)42/h5,7,10,14-15,19-23,43H,6,8-9,11-13H2,1-4H3,(H2,35,50)(H,36,53)(H,37,42)(H,38,55)(H,39,54)(H,40,51)(H,41,52)(H,44,45)(H,46,47)(H,48,49)(H,56,57)/t15-,19-,20-,21-,22-,23-/m0/s1. The average Bonchev–Trinajstić information content (AvgIpc) is 3.08. The number of carbonyl (C=O) groups is 11. The van der Waals surface area contributed by atoms with Gasteiger partial charge in [0.2, 0.25) is 41.4 Å². The van der Waals surface area contributed by atoms with Crippen LogP contribution < -0.4 is 37.6 Å². The van der Waals surface area contributed by atoms with Crippen LogP contribution in [0.15, 0.2) is 18.2 Å². The van der Waals surface area contributed by atoms with E-state index in [-0.39, 0.29) is 17.9 Å². The molecule has 0 heterocycles. The number of hydrogen-bond acceptors (Lipinski definition) is 12. The van der Waals surface area contributed by atoms with E-state index in [1.165, 1.54) is 6.07 Å². The third-order valence-electron chi connectivity index (χ3n) is 7.85. The number of primary amides is 1. The molecule has 13 N–H and O–H groups in total. The Morgan fingerprint density at radius 3 is 1.58 bits per heavy atom. The van der Waals surface area contributed by atoms with Crippen molar-refractivity contribution in [2.45, 2.75) is 102 Å². The van der Waals surface area contributed by atoms with Crippen LogP contribution >= 0.6 is 0 Å². The van der Waals surface area contributed by atoms with Gasteiger partial charge in [-0.15, -0.1) is 0 Å². The number of amides is 7. The maximum Gasteiger partial charge on any atom is 0.339 e. The van der Waals surface area contributed by atoms with E-state index in [1.54, 1.807) is 13.8 Å². The fraction of sp³-hybridized carbons (Fsp3) is 0.500. The smallest absolute Gasteiger partial charge is 0.339 e. The van der Waals surface area contributed by atoms with Crippen molar-refractivity contribution in [2.75, 3.05) is 0 Å². The topological polar surface area (TPSA) is 387 Å². The maximum atomic E-state index is 13.7. The minimum absolute atomic E-state index is 0.0681. The number of phenols is 1. The molecule has 1 aromatic rings. The van der Waals surface area contributed by atoms with Crippen molar-refractivity contribution in [3.8, 4) is 5.75 Å². The lowest BCUT2D eigenvalue weighted by atomic mass is 9.99. The van der Waals surface area contributed by atoms with Crippen molar-refractivity contribution in [3.05, 3.63) is 29.3 Å². The molecule has 7 amide bonds. The summed E-state index contributed by atoms with van der Waals surface area (Å²) in [4.78, 5) is 136. The first-order chi connectivity index (χ1) is 26.4. The van der Waals surface area contributed by atoms with Crippen LogP contribution in [0.1, 0.15) is 75.7 Å². The number of nitrogens with two attached hydrogens (primary N) is 1. The highest BCUT2D eigenvalue weighted by Crippen LogP contribution is 2.20. The van der Waals surface area contributed by atoms with E-state index in [2.05, 4.69) is 31.9 Å². The van der Waals surface area contributed by atoms with Crippen LogP contribution in [0.2, 0.25) is 0 Å². The lowest BCUT2D eigenvalue weighted by Crippen LogP contribution is -2.60. The number of carboxylic acids is 4. The number of rotatable bonds is 24. The summed E-state index contributed by atoms with van der Waals surface area (Å²) >= 11 is 0. The Balaban J connectivity index is 3.44. The number of aromatic hydroxyl groups is 1. The van der Waals surface area contributed by atoms with Crippen molar-refractivity contribution in [2.24, 2.45) is 11.7 Å². The molecule has 0 saturated carbocycles. The monoisotopic (exact) mass is 809 g/mol. The highest BCUT2D eigenvalue weighted by atomic mass is 16.4. The van der Waals surface area contributed by atoms with Gasteiger partial charge in [-0.3, -0.25) is 47.9 Å². The van der Waals surface area contributed by atoms with E-state index >= 15 is 0 Å². The molecule has 0 radical (unpaired) electrons. The summed E-state index contributed by atoms with van der Waals surface area (Å²) in [6.45, 7) is 5.54. The molecule has 0 aromatic heterocycles. The molecule has 0 unspecified atom stereocenters. The second-order valence-corrected chi connectivity index (χ2v) is 13.2. The Morgan fingerprint density at radius 1 is 0.614 bits per heavy atom. The SMILES string of the molecule is CC(=O)N[C@@H](CC(=O)O)C(=O)N[C@@H](C)C(=O)N[C@@H](CC(=O)O)C(=O)N[C@@H](CCC(=O)O)C(=O)N[C@@H](Cc1ccc(O)c(C(=O)O)c1)C(=O)N[C@@H](CC(C)C)C(N)=O. The molecule has 0 aliphatic heterocycles. The van der Waals surface area contributed by atoms with Crippen molar-refractivity contribution in [1.82, 2.24) is 31.9 Å². The summed E-state index contributed by atoms with van der Waals surface area (Å²) in [5.41, 5.74) is 4.96. The Morgan fingerprint density at radius 2 is 1.09 bits per heavy atom. The number of carboxylic acid groups (broad SMARTS) is 4. The van der Waals surface area contributed by atoms with Crippen LogP contribution in [-0.4, -0.2) is 127 Å². The molecule has 0 spiro atoms. The zero-order valence-electron chi connectivity index (χ0n) is 31.3. The van der Waals surface area contributed by atoms with Gasteiger partial charge in [0.05, 0.1) is 12.8 Å². The van der Waals surface area contributed by atoms with Crippen molar-refractivity contribution in [3.63, 3.8) is 0 Å². The van der Waals surface area contributed by atoms with Crippen LogP contribution in [0, 0.1) is 5.92 Å². The lowest BCUT2D eigenvalue weighted by molar-refractivity contribution is -0.141. The predicted molar refractivity (Wildman–Crippen MR) is 192 cm³/mol. The van der Waals surface area contributed by atoms with E-state index in [0.717, 1.165) is 26.0 Å². The second kappa shape index (κ2) is 22.5. The molecule has 23 heteroatoms. The van der Waals surface area contributed by atoms with Gasteiger partial charge in [-0.1, -0.05) is 19.9 Å². The fourth-order valence-electron chi connectivity index (χ4n) is 5.09. The maximum absolute atomic E-state index is 13.7. The van der Waals surface area contributed by atoms with E-state index < -0.39 is 145 Å². The highest BCUT2D eigenvalue weighted by Gasteiger charge is 2.34. The number of benzene rings is 1. The first kappa shape index (κ1) is 48.2. The third kappa shape index (κ3) is 17.5. The molecule has 0 saturated heterocycles. The molecule has 6 atom stereocenters. The van der Waals surface area contributed by atoms with Crippen LogP contribution in [0.3, 0.4) is 0 Å². The summed E-state index contributed by atoms with van der Waals surface area (Å²) in [6.07, 6.45) is -3.82. The Kier molecular flexibility index (Phi) is 19.1. The molecule has 57 heavy (non-hydrogen) atoms. The summed E-state index contributed by atoms with van der Waals surface area (Å²) in [5, 5.41) is 60.4. The molecule has 1 rings (SSSR count). The number of carbonyl (C=O) groups excluding carboxylic acids is 7. The van der Waals surface area contributed by atoms with Crippen molar-refractivity contribution in [1.29, 1.82) is 0 Å². The molecule has 23 nitrogen and oxygen atoms in total. The quantitative estimate of drug-likeness (QED) is 0.0493. The molecule has 0 fully saturated rings. The van der Waals surface area contributed by atoms with E-state index in [1.807, 2.05) is 0 Å². The number of hydrogen-bond donors (Lipinski definition) is 12. The second-order valence-electron chi connectivity index (χ2n) is 13.2. The summed E-state index contributed by atoms with van der Waals surface area (Å²) < 4.78 is 0. The number of nitrogens with one attached hydrogen (secondary N) is 6. The first-order valence-corrected chi connectivity index (χ1v) is 17.2. The van der Waals surface area contributed by atoms with Crippen molar-refractivity contribution < 1.29 is 78.3 Å². The van der Waals surface area contributed by atoms with Gasteiger partial charge in [0, 0.05) is 19.8 Å². The van der Waals surface area contributed by atoms with Gasteiger partial charge in [-0.05, 0) is 43.4 Å². The highest BCUT2D eigenvalue weighted by molar-refractivity contribution is 5.98. The van der Waals surface area contributed by atoms with Gasteiger partial charge in [0.15, 0.2) is 0 Å². The fourth-order valence-corrected chi connectivity index (χ4v) is 5.09. The summed E-state index contributed by atoms with van der Waals surface area (Å²) in [7, 11) is 0. The normalized spacial score (nSPS) is 13.9. The number of aliphatic carboxylic acids is 3. The molecular formula is C34H47N7O16. The van der Waals surface area contributed by atoms with Gasteiger partial charge in [-0.2, -0.15) is 0 Å². The van der Waals surface area contributed by atoms with Crippen LogP contribution in [-0.2, 0) is 54.4 Å². The summed E-state index contributed by atoms with van der Waals surface area (Å²) in [6, 6.07) is -6.64. The van der Waals surface area contributed by atoms with Gasteiger partial charge < -0.3 is 63.2 Å². The largest absolute Gasteiger partial charge is 0.507 e. The van der Waals surface area contributed by atoms with Gasteiger partial charge in [0.1, 0.15) is 47.6 Å². The van der Waals surface area contributed by atoms with Crippen LogP contribution in [0.4, 0.5) is 0 Å². The van der Waals surface area contributed by atoms with Crippen LogP contribution in [0.5, 0.6) is 5.75 Å². The molecule has 0 aliphatic rings. The molecule has 0 aliphatic carbocycles. The van der Waals surface area contributed by atoms with Gasteiger partial charge >= 0.3 is 23.9 Å². The third-order valence-corrected chi connectivity index (χ3v) is 7.85. The average molecular weight is 810 g/mol. The van der Waals surface area contributed by atoms with Crippen molar-refractivity contribution >= 4 is 65.2 Å². The molecule has 1 aromatic carbocycles. The number of aromatic carboxylic acids is 1. The van der Waals surface area contributed by atoms with E-state index in [9.17, 15) is 73.2 Å². The van der Waals surface area contributed by atoms with E-state index in [0.29, 0.717) is 0 Å². The van der Waals surface area contributed by atoms with Crippen LogP contribution in [0.25, 0.3) is 0 Å². The zero-order chi connectivity index (χ0) is 43.7. The van der Waals surface area contributed by atoms with Gasteiger partial charge in [-0.25, -0.2) is 4.79 Å². The van der Waals surface area contributed by atoms with Gasteiger partial charge in [0.25, 0.3) is 0 Å². The Labute approximate surface area is 324 Å². The summed E-state index contributed by atoms with van der Waals surface area (Å²) in [5.74, 6) is -14.4. The molecular weight excluding hydrogens is 762 g/mol. The molecule has 314 valence electrons. The predicted octanol–water partition coefficient (Wildman–Crippen LogP) is -3.07. The first-order valence-electron chi connectivity index (χ1n) is 17.2. The zero-order valence-corrected chi connectivity index (χ0v) is 31.3. The van der Waals surface area contributed by atoms with E-state index in [4.69, 9.17) is 10.8 Å². The minimum atomic E-state index is -1.97.